The molecule has 4 nitrogen and oxygen atoms in total. The molecular formula is C23H24N2O2. The molecule has 0 radical (unpaired) electrons. The third-order valence-electron chi connectivity index (χ3n) is 6.34. The molecule has 0 saturated heterocycles. The Hall–Kier alpha value is -2.62. The highest BCUT2D eigenvalue weighted by molar-refractivity contribution is 6.14. The van der Waals surface area contributed by atoms with Crippen molar-refractivity contribution in [3.63, 3.8) is 0 Å². The zero-order valence-corrected chi connectivity index (χ0v) is 15.5. The van der Waals surface area contributed by atoms with Gasteiger partial charge in [0.2, 0.25) is 11.8 Å². The minimum Gasteiger partial charge on any atom is -0.337 e. The SMILES string of the molecule is O=C(N1CCc2ccccc2C1)C1(C(=O)N2CCCc3ccccc32)CC1. The largest absolute Gasteiger partial charge is 0.337 e. The maximum Gasteiger partial charge on any atom is 0.242 e. The first-order valence-electron chi connectivity index (χ1n) is 9.95. The molecule has 1 aliphatic carbocycles. The molecule has 0 unspecified atom stereocenters. The predicted octanol–water partition coefficient (Wildman–Crippen LogP) is 3.33. The standard InChI is InChI=1S/C23H24N2O2/c26-21(24-15-11-17-6-1-2-8-19(17)16-24)23(12-13-23)22(27)25-14-5-9-18-7-3-4-10-20(18)25/h1-4,6-8,10H,5,9,11-16H2. The number of amides is 2. The van der Waals surface area contributed by atoms with Gasteiger partial charge in [0.05, 0.1) is 0 Å². The first-order valence-corrected chi connectivity index (χ1v) is 9.95. The molecule has 5 rings (SSSR count). The fourth-order valence-corrected chi connectivity index (χ4v) is 4.62. The summed E-state index contributed by atoms with van der Waals surface area (Å²) in [6.45, 7) is 2.05. The Labute approximate surface area is 159 Å². The van der Waals surface area contributed by atoms with Crippen molar-refractivity contribution in [3.05, 3.63) is 65.2 Å². The fraction of sp³-hybridized carbons (Fsp3) is 0.391. The number of para-hydroxylation sites is 1. The topological polar surface area (TPSA) is 40.6 Å². The highest BCUT2D eigenvalue weighted by Crippen LogP contribution is 2.50. The first kappa shape index (κ1) is 16.5. The summed E-state index contributed by atoms with van der Waals surface area (Å²) in [6.07, 6.45) is 4.20. The Kier molecular flexibility index (Phi) is 3.81. The molecule has 0 spiro atoms. The molecule has 0 aromatic heterocycles. The minimum absolute atomic E-state index is 0.0125. The van der Waals surface area contributed by atoms with Gasteiger partial charge in [0, 0.05) is 25.3 Å². The lowest BCUT2D eigenvalue weighted by molar-refractivity contribution is -0.144. The summed E-state index contributed by atoms with van der Waals surface area (Å²) >= 11 is 0. The average Bonchev–Trinajstić information content (AvgIpc) is 3.54. The van der Waals surface area contributed by atoms with Crippen LogP contribution >= 0.6 is 0 Å². The van der Waals surface area contributed by atoms with E-state index in [1.54, 1.807) is 0 Å². The van der Waals surface area contributed by atoms with E-state index in [4.69, 9.17) is 0 Å². The van der Waals surface area contributed by atoms with Crippen molar-refractivity contribution >= 4 is 17.5 Å². The van der Waals surface area contributed by atoms with Crippen LogP contribution in [0.15, 0.2) is 48.5 Å². The van der Waals surface area contributed by atoms with Crippen LogP contribution in [0.5, 0.6) is 0 Å². The van der Waals surface area contributed by atoms with Crippen LogP contribution in [0.25, 0.3) is 0 Å². The summed E-state index contributed by atoms with van der Waals surface area (Å²) in [5, 5.41) is 0. The Bertz CT molecular complexity index is 916. The molecule has 2 aliphatic heterocycles. The molecular weight excluding hydrogens is 336 g/mol. The van der Waals surface area contributed by atoms with Crippen LogP contribution in [0.3, 0.4) is 0 Å². The van der Waals surface area contributed by atoms with Gasteiger partial charge in [-0.25, -0.2) is 0 Å². The van der Waals surface area contributed by atoms with Crippen LogP contribution in [0.4, 0.5) is 5.69 Å². The molecule has 3 aliphatic rings. The van der Waals surface area contributed by atoms with Gasteiger partial charge in [-0.2, -0.15) is 0 Å². The summed E-state index contributed by atoms with van der Waals surface area (Å²) in [5.41, 5.74) is 3.92. The van der Waals surface area contributed by atoms with Gasteiger partial charge in [0.25, 0.3) is 0 Å². The molecule has 0 bridgehead atoms. The maximum absolute atomic E-state index is 13.5. The highest BCUT2D eigenvalue weighted by atomic mass is 16.2. The third kappa shape index (κ3) is 2.66. The van der Waals surface area contributed by atoms with Crippen molar-refractivity contribution in [2.75, 3.05) is 18.0 Å². The molecule has 2 aromatic carbocycles. The molecule has 0 atom stereocenters. The van der Waals surface area contributed by atoms with Crippen LogP contribution in [0, 0.1) is 5.41 Å². The van der Waals surface area contributed by atoms with Crippen molar-refractivity contribution in [2.24, 2.45) is 5.41 Å². The monoisotopic (exact) mass is 360 g/mol. The van der Waals surface area contributed by atoms with Crippen LogP contribution in [-0.4, -0.2) is 29.8 Å². The summed E-state index contributed by atoms with van der Waals surface area (Å²) in [7, 11) is 0. The summed E-state index contributed by atoms with van der Waals surface area (Å²) < 4.78 is 0. The molecule has 1 saturated carbocycles. The van der Waals surface area contributed by atoms with Gasteiger partial charge in [-0.05, 0) is 54.9 Å². The Balaban J connectivity index is 1.39. The average molecular weight is 360 g/mol. The molecule has 138 valence electrons. The van der Waals surface area contributed by atoms with Crippen molar-refractivity contribution in [3.8, 4) is 0 Å². The van der Waals surface area contributed by atoms with E-state index in [2.05, 4.69) is 24.3 Å². The van der Waals surface area contributed by atoms with Crippen LogP contribution in [0.2, 0.25) is 0 Å². The number of rotatable bonds is 2. The fourth-order valence-electron chi connectivity index (χ4n) is 4.62. The van der Waals surface area contributed by atoms with Crippen molar-refractivity contribution in [2.45, 2.75) is 38.6 Å². The molecule has 0 N–H and O–H groups in total. The van der Waals surface area contributed by atoms with Crippen LogP contribution in [-0.2, 0) is 29.0 Å². The lowest BCUT2D eigenvalue weighted by Crippen LogP contribution is -2.49. The van der Waals surface area contributed by atoms with E-state index >= 15 is 0 Å². The number of hydrogen-bond acceptors (Lipinski definition) is 2. The molecule has 2 aromatic rings. The summed E-state index contributed by atoms with van der Waals surface area (Å²) in [4.78, 5) is 30.6. The zero-order chi connectivity index (χ0) is 18.4. The van der Waals surface area contributed by atoms with Gasteiger partial charge >= 0.3 is 0 Å². The number of hydrogen-bond donors (Lipinski definition) is 0. The van der Waals surface area contributed by atoms with Gasteiger partial charge in [-0.15, -0.1) is 0 Å². The van der Waals surface area contributed by atoms with Crippen LogP contribution < -0.4 is 4.90 Å². The lowest BCUT2D eigenvalue weighted by Gasteiger charge is -2.35. The van der Waals surface area contributed by atoms with Crippen molar-refractivity contribution in [1.29, 1.82) is 0 Å². The number of fused-ring (bicyclic) bond motifs is 2. The van der Waals surface area contributed by atoms with E-state index in [0.717, 1.165) is 24.9 Å². The van der Waals surface area contributed by atoms with Gasteiger partial charge in [-0.1, -0.05) is 42.5 Å². The number of carbonyl (C=O) groups is 2. The van der Waals surface area contributed by atoms with Crippen LogP contribution in [0.1, 0.15) is 36.0 Å². The Morgan fingerprint density at radius 1 is 0.778 bits per heavy atom. The first-order chi connectivity index (χ1) is 13.2. The molecule has 1 fully saturated rings. The Morgan fingerprint density at radius 3 is 2.26 bits per heavy atom. The molecule has 27 heavy (non-hydrogen) atoms. The second-order valence-electron chi connectivity index (χ2n) is 8.02. The van der Waals surface area contributed by atoms with Gasteiger partial charge in [-0.3, -0.25) is 9.59 Å². The number of carbonyl (C=O) groups excluding carboxylic acids is 2. The number of anilines is 1. The number of nitrogens with zero attached hydrogens (tertiary/aromatic N) is 2. The van der Waals surface area contributed by atoms with Crippen molar-refractivity contribution < 1.29 is 9.59 Å². The van der Waals surface area contributed by atoms with Gasteiger partial charge < -0.3 is 9.80 Å². The smallest absolute Gasteiger partial charge is 0.242 e. The van der Waals surface area contributed by atoms with Gasteiger partial charge in [0.15, 0.2) is 0 Å². The van der Waals surface area contributed by atoms with E-state index in [1.807, 2.05) is 34.1 Å². The quantitative estimate of drug-likeness (QED) is 0.771. The summed E-state index contributed by atoms with van der Waals surface area (Å²) in [5.74, 6) is 0.0450. The molecule has 4 heteroatoms. The van der Waals surface area contributed by atoms with E-state index in [1.165, 1.54) is 16.7 Å². The normalized spacial score (nSPS) is 19.9. The van der Waals surface area contributed by atoms with E-state index < -0.39 is 5.41 Å². The Morgan fingerprint density at radius 2 is 1.48 bits per heavy atom. The van der Waals surface area contributed by atoms with E-state index in [0.29, 0.717) is 32.5 Å². The van der Waals surface area contributed by atoms with Crippen molar-refractivity contribution in [1.82, 2.24) is 4.90 Å². The predicted molar refractivity (Wildman–Crippen MR) is 104 cm³/mol. The minimum atomic E-state index is -0.823. The zero-order valence-electron chi connectivity index (χ0n) is 15.5. The third-order valence-corrected chi connectivity index (χ3v) is 6.34. The summed E-state index contributed by atoms with van der Waals surface area (Å²) in [6, 6.07) is 16.4. The number of aryl methyl sites for hydroxylation is 1. The lowest BCUT2D eigenvalue weighted by atomic mass is 9.95. The van der Waals surface area contributed by atoms with Gasteiger partial charge in [0.1, 0.15) is 5.41 Å². The highest BCUT2D eigenvalue weighted by Gasteiger charge is 2.59. The van der Waals surface area contributed by atoms with E-state index in [9.17, 15) is 9.59 Å². The maximum atomic E-state index is 13.5. The second-order valence-corrected chi connectivity index (χ2v) is 8.02. The number of benzene rings is 2. The molecule has 2 amide bonds. The second kappa shape index (κ2) is 6.22. The van der Waals surface area contributed by atoms with E-state index in [-0.39, 0.29) is 11.8 Å². The molecule has 2 heterocycles.